The van der Waals surface area contributed by atoms with Gasteiger partial charge in [-0.05, 0) is 24.6 Å². The first kappa shape index (κ1) is 11.9. The molecular weight excluding hydrogens is 220 g/mol. The molecule has 0 fully saturated rings. The number of nitriles is 1. The van der Waals surface area contributed by atoms with Crippen molar-refractivity contribution in [2.45, 2.75) is 13.5 Å². The van der Waals surface area contributed by atoms with Gasteiger partial charge < -0.3 is 9.84 Å². The number of ether oxygens (including phenoxy) is 1. The molecule has 0 unspecified atom stereocenters. The summed E-state index contributed by atoms with van der Waals surface area (Å²) < 4.78 is 27.9. The smallest absolute Gasteiger partial charge is 0.387 e. The number of hydrogen-bond donors (Lipinski definition) is 1. The minimum Gasteiger partial charge on any atom is -0.478 e. The van der Waals surface area contributed by atoms with Gasteiger partial charge in [0.25, 0.3) is 0 Å². The van der Waals surface area contributed by atoms with Gasteiger partial charge in [-0.25, -0.2) is 4.79 Å². The molecule has 0 atom stereocenters. The van der Waals surface area contributed by atoms with Crippen LogP contribution < -0.4 is 4.74 Å². The monoisotopic (exact) mass is 227 g/mol. The zero-order chi connectivity index (χ0) is 12.3. The minimum atomic E-state index is -3.03. The summed E-state index contributed by atoms with van der Waals surface area (Å²) in [4.78, 5) is 10.8. The van der Waals surface area contributed by atoms with E-state index in [9.17, 15) is 13.6 Å². The number of aromatic carboxylic acids is 1. The highest BCUT2D eigenvalue weighted by Crippen LogP contribution is 2.23. The lowest BCUT2D eigenvalue weighted by atomic mass is 10.0. The van der Waals surface area contributed by atoms with E-state index in [1.165, 1.54) is 13.0 Å². The van der Waals surface area contributed by atoms with Crippen molar-refractivity contribution in [3.63, 3.8) is 0 Å². The number of nitrogens with zero attached hydrogens (tertiary/aromatic N) is 1. The van der Waals surface area contributed by atoms with Crippen molar-refractivity contribution in [3.8, 4) is 11.8 Å². The molecule has 0 aliphatic heterocycles. The third-order valence-electron chi connectivity index (χ3n) is 1.88. The van der Waals surface area contributed by atoms with Crippen LogP contribution in [0.3, 0.4) is 0 Å². The number of aryl methyl sites for hydroxylation is 1. The maximum absolute atomic E-state index is 11.9. The van der Waals surface area contributed by atoms with E-state index in [0.717, 1.165) is 6.07 Å². The van der Waals surface area contributed by atoms with E-state index in [1.807, 2.05) is 0 Å². The van der Waals surface area contributed by atoms with E-state index in [2.05, 4.69) is 4.74 Å². The third-order valence-corrected chi connectivity index (χ3v) is 1.88. The molecule has 84 valence electrons. The number of carboxylic acids is 1. The number of carboxylic acid groups (broad SMARTS) is 1. The van der Waals surface area contributed by atoms with Crippen molar-refractivity contribution >= 4 is 5.97 Å². The van der Waals surface area contributed by atoms with E-state index in [-0.39, 0.29) is 22.4 Å². The second kappa shape index (κ2) is 4.57. The summed E-state index contributed by atoms with van der Waals surface area (Å²) in [6.45, 7) is -1.59. The Bertz CT molecular complexity index is 466. The van der Waals surface area contributed by atoms with Crippen LogP contribution in [0, 0.1) is 18.3 Å². The number of hydrogen-bond acceptors (Lipinski definition) is 3. The predicted octanol–water partition coefficient (Wildman–Crippen LogP) is 2.17. The minimum absolute atomic E-state index is 0.0610. The highest BCUT2D eigenvalue weighted by atomic mass is 19.3. The van der Waals surface area contributed by atoms with Crippen molar-refractivity contribution in [3.05, 3.63) is 28.8 Å². The highest BCUT2D eigenvalue weighted by molar-refractivity contribution is 5.91. The highest BCUT2D eigenvalue weighted by Gasteiger charge is 2.16. The molecule has 0 saturated carbocycles. The van der Waals surface area contributed by atoms with Crippen molar-refractivity contribution < 1.29 is 23.4 Å². The van der Waals surface area contributed by atoms with E-state index >= 15 is 0 Å². The lowest BCUT2D eigenvalue weighted by Gasteiger charge is -2.08. The van der Waals surface area contributed by atoms with Gasteiger partial charge in [-0.1, -0.05) is 0 Å². The molecule has 0 amide bonds. The zero-order valence-electron chi connectivity index (χ0n) is 8.20. The molecule has 0 radical (unpaired) electrons. The third kappa shape index (κ3) is 2.45. The molecule has 0 aliphatic carbocycles. The average molecular weight is 227 g/mol. The Morgan fingerprint density at radius 3 is 2.62 bits per heavy atom. The Morgan fingerprint density at radius 2 is 2.19 bits per heavy atom. The van der Waals surface area contributed by atoms with E-state index in [0.29, 0.717) is 0 Å². The molecule has 1 N–H and O–H groups in total. The molecule has 4 nitrogen and oxygen atoms in total. The zero-order valence-corrected chi connectivity index (χ0v) is 8.20. The summed E-state index contributed by atoms with van der Waals surface area (Å²) in [6.07, 6.45) is 0. The van der Waals surface area contributed by atoms with Gasteiger partial charge in [0.1, 0.15) is 11.8 Å². The molecule has 0 saturated heterocycles. The van der Waals surface area contributed by atoms with E-state index in [1.54, 1.807) is 6.07 Å². The lowest BCUT2D eigenvalue weighted by molar-refractivity contribution is -0.0499. The van der Waals surface area contributed by atoms with Crippen LogP contribution >= 0.6 is 0 Å². The Balaban J connectivity index is 3.29. The lowest BCUT2D eigenvalue weighted by Crippen LogP contribution is -2.06. The van der Waals surface area contributed by atoms with Crippen LogP contribution in [0.5, 0.6) is 5.75 Å². The van der Waals surface area contributed by atoms with Gasteiger partial charge in [0.15, 0.2) is 0 Å². The molecule has 1 rings (SSSR count). The summed E-state index contributed by atoms with van der Waals surface area (Å²) in [5.41, 5.74) is -0.134. The molecule has 16 heavy (non-hydrogen) atoms. The fourth-order valence-corrected chi connectivity index (χ4v) is 1.24. The van der Waals surface area contributed by atoms with Gasteiger partial charge in [0, 0.05) is 0 Å². The summed E-state index contributed by atoms with van der Waals surface area (Å²) in [5, 5.41) is 17.5. The number of rotatable bonds is 3. The first-order valence-corrected chi connectivity index (χ1v) is 4.18. The molecule has 0 bridgehead atoms. The van der Waals surface area contributed by atoms with Crippen molar-refractivity contribution in [2.24, 2.45) is 0 Å². The van der Waals surface area contributed by atoms with Crippen LogP contribution in [0.4, 0.5) is 8.78 Å². The number of halogens is 2. The molecule has 1 aromatic rings. The van der Waals surface area contributed by atoms with E-state index in [4.69, 9.17) is 10.4 Å². The Hall–Kier alpha value is -2.16. The fraction of sp³-hybridized carbons (Fsp3) is 0.200. The van der Waals surface area contributed by atoms with Crippen LogP contribution in [-0.2, 0) is 0 Å². The van der Waals surface area contributed by atoms with Crippen LogP contribution in [0.2, 0.25) is 0 Å². The first-order valence-electron chi connectivity index (χ1n) is 4.18. The van der Waals surface area contributed by atoms with E-state index < -0.39 is 12.6 Å². The molecule has 0 aromatic heterocycles. The first-order chi connectivity index (χ1) is 7.45. The molecule has 0 spiro atoms. The second-order valence-corrected chi connectivity index (χ2v) is 2.96. The standard InChI is InChI=1S/C10H7F2NO3/c1-5-2-6(16-10(11)12)3-7(9(14)15)8(5)4-13/h2-3,10H,1H3,(H,14,15). The van der Waals surface area contributed by atoms with Crippen LogP contribution in [0.25, 0.3) is 0 Å². The van der Waals surface area contributed by atoms with Gasteiger partial charge in [0.05, 0.1) is 11.1 Å². The molecule has 0 heterocycles. The maximum Gasteiger partial charge on any atom is 0.387 e. The van der Waals surface area contributed by atoms with Gasteiger partial charge >= 0.3 is 12.6 Å². The second-order valence-electron chi connectivity index (χ2n) is 2.96. The molecule has 0 aliphatic rings. The number of benzene rings is 1. The normalized spacial score (nSPS) is 9.94. The Labute approximate surface area is 89.7 Å². The fourth-order valence-electron chi connectivity index (χ4n) is 1.24. The van der Waals surface area contributed by atoms with Gasteiger partial charge in [0.2, 0.25) is 0 Å². The quantitative estimate of drug-likeness (QED) is 0.858. The van der Waals surface area contributed by atoms with Gasteiger partial charge in [-0.15, -0.1) is 0 Å². The van der Waals surface area contributed by atoms with Crippen LogP contribution in [-0.4, -0.2) is 17.7 Å². The number of alkyl halides is 2. The van der Waals surface area contributed by atoms with Crippen molar-refractivity contribution in [1.82, 2.24) is 0 Å². The Kier molecular flexibility index (Phi) is 3.40. The average Bonchev–Trinajstić information content (AvgIpc) is 2.15. The SMILES string of the molecule is Cc1cc(OC(F)F)cc(C(=O)O)c1C#N. The summed E-state index contributed by atoms with van der Waals surface area (Å²) in [6, 6.07) is 3.80. The van der Waals surface area contributed by atoms with Gasteiger partial charge in [-0.2, -0.15) is 14.0 Å². The maximum atomic E-state index is 11.9. The van der Waals surface area contributed by atoms with Gasteiger partial charge in [-0.3, -0.25) is 0 Å². The molecule has 6 heteroatoms. The molecule has 1 aromatic carbocycles. The van der Waals surface area contributed by atoms with Crippen molar-refractivity contribution in [2.75, 3.05) is 0 Å². The summed E-state index contributed by atoms with van der Waals surface area (Å²) in [7, 11) is 0. The Morgan fingerprint density at radius 1 is 1.56 bits per heavy atom. The largest absolute Gasteiger partial charge is 0.478 e. The van der Waals surface area contributed by atoms with Crippen molar-refractivity contribution in [1.29, 1.82) is 5.26 Å². The van der Waals surface area contributed by atoms with Crippen LogP contribution in [0.1, 0.15) is 21.5 Å². The number of carbonyl (C=O) groups is 1. The topological polar surface area (TPSA) is 70.3 Å². The summed E-state index contributed by atoms with van der Waals surface area (Å²) >= 11 is 0. The molecular formula is C10H7F2NO3. The predicted molar refractivity (Wildman–Crippen MR) is 49.5 cm³/mol. The van der Waals surface area contributed by atoms with Crippen LogP contribution in [0.15, 0.2) is 12.1 Å². The summed E-state index contributed by atoms with van der Waals surface area (Å²) in [5.74, 6) is -1.64.